The van der Waals surface area contributed by atoms with Gasteiger partial charge in [-0.1, -0.05) is 43.3 Å². The normalized spacial score (nSPS) is 11.1. The third-order valence-electron chi connectivity index (χ3n) is 2.90. The number of nitrogens with one attached hydrogen (secondary N) is 1. The molecule has 0 radical (unpaired) electrons. The van der Waals surface area contributed by atoms with Gasteiger partial charge in [0.05, 0.1) is 0 Å². The SMILES string of the molecule is CC(C)c1ccc(CNCCc2ncno2)cc1. The van der Waals surface area contributed by atoms with Gasteiger partial charge in [-0.05, 0) is 17.0 Å². The van der Waals surface area contributed by atoms with Crippen molar-refractivity contribution < 1.29 is 4.52 Å². The average Bonchev–Trinajstić information content (AvgIpc) is 2.88. The van der Waals surface area contributed by atoms with Crippen molar-refractivity contribution in [3.8, 4) is 0 Å². The highest BCUT2D eigenvalue weighted by molar-refractivity contribution is 5.24. The highest BCUT2D eigenvalue weighted by Gasteiger charge is 2.00. The Bertz CT molecular complexity index is 448. The molecule has 0 aliphatic heterocycles. The van der Waals surface area contributed by atoms with Crippen LogP contribution in [0.25, 0.3) is 0 Å². The quantitative estimate of drug-likeness (QED) is 0.794. The lowest BCUT2D eigenvalue weighted by molar-refractivity contribution is 0.375. The van der Waals surface area contributed by atoms with Crippen molar-refractivity contribution in [1.29, 1.82) is 0 Å². The summed E-state index contributed by atoms with van der Waals surface area (Å²) in [5.74, 6) is 1.27. The maximum Gasteiger partial charge on any atom is 0.227 e. The van der Waals surface area contributed by atoms with Crippen molar-refractivity contribution in [3.05, 3.63) is 47.6 Å². The molecule has 1 aromatic carbocycles. The molecule has 0 saturated carbocycles. The standard InChI is InChI=1S/C14H19N3O/c1-11(2)13-5-3-12(4-6-13)9-15-8-7-14-16-10-17-18-14/h3-6,10-11,15H,7-9H2,1-2H3. The highest BCUT2D eigenvalue weighted by atomic mass is 16.5. The first-order valence-electron chi connectivity index (χ1n) is 6.31. The Hall–Kier alpha value is -1.68. The van der Waals surface area contributed by atoms with Crippen LogP contribution in [-0.4, -0.2) is 16.7 Å². The van der Waals surface area contributed by atoms with E-state index in [4.69, 9.17) is 4.52 Å². The Morgan fingerprint density at radius 2 is 2.00 bits per heavy atom. The van der Waals surface area contributed by atoms with Crippen LogP contribution < -0.4 is 5.32 Å². The molecular weight excluding hydrogens is 226 g/mol. The average molecular weight is 245 g/mol. The summed E-state index contributed by atoms with van der Waals surface area (Å²) in [5.41, 5.74) is 2.68. The molecule has 0 bridgehead atoms. The van der Waals surface area contributed by atoms with Crippen LogP contribution in [0.4, 0.5) is 0 Å². The maximum atomic E-state index is 4.93. The van der Waals surface area contributed by atoms with Crippen molar-refractivity contribution in [2.24, 2.45) is 0 Å². The van der Waals surface area contributed by atoms with E-state index in [1.54, 1.807) is 0 Å². The molecule has 0 amide bonds. The van der Waals surface area contributed by atoms with Crippen LogP contribution in [0.1, 0.15) is 36.8 Å². The zero-order valence-corrected chi connectivity index (χ0v) is 10.9. The molecule has 0 aliphatic carbocycles. The Morgan fingerprint density at radius 1 is 1.22 bits per heavy atom. The lowest BCUT2D eigenvalue weighted by Crippen LogP contribution is -2.16. The maximum absolute atomic E-state index is 4.93. The molecule has 0 aliphatic rings. The van der Waals surface area contributed by atoms with Gasteiger partial charge >= 0.3 is 0 Å². The van der Waals surface area contributed by atoms with E-state index in [1.807, 2.05) is 0 Å². The number of aromatic nitrogens is 2. The van der Waals surface area contributed by atoms with Crippen molar-refractivity contribution in [2.75, 3.05) is 6.54 Å². The fourth-order valence-electron chi connectivity index (χ4n) is 1.75. The predicted molar refractivity (Wildman–Crippen MR) is 70.2 cm³/mol. The summed E-state index contributed by atoms with van der Waals surface area (Å²) >= 11 is 0. The molecule has 1 aromatic heterocycles. The second-order valence-corrected chi connectivity index (χ2v) is 4.66. The number of hydrogen-bond acceptors (Lipinski definition) is 4. The molecule has 96 valence electrons. The monoisotopic (exact) mass is 245 g/mol. The minimum atomic E-state index is 0.588. The summed E-state index contributed by atoms with van der Waals surface area (Å²) in [4.78, 5) is 3.97. The zero-order chi connectivity index (χ0) is 12.8. The van der Waals surface area contributed by atoms with E-state index in [2.05, 4.69) is 53.6 Å². The molecule has 0 saturated heterocycles. The van der Waals surface area contributed by atoms with Crippen LogP contribution in [0.5, 0.6) is 0 Å². The van der Waals surface area contributed by atoms with E-state index in [0.29, 0.717) is 11.8 Å². The van der Waals surface area contributed by atoms with E-state index in [9.17, 15) is 0 Å². The van der Waals surface area contributed by atoms with Gasteiger partial charge < -0.3 is 9.84 Å². The first kappa shape index (κ1) is 12.8. The Balaban J connectivity index is 1.73. The molecule has 0 fully saturated rings. The van der Waals surface area contributed by atoms with E-state index >= 15 is 0 Å². The largest absolute Gasteiger partial charge is 0.340 e. The number of hydrogen-bond donors (Lipinski definition) is 1. The van der Waals surface area contributed by atoms with Crippen LogP contribution in [0.3, 0.4) is 0 Å². The first-order valence-corrected chi connectivity index (χ1v) is 6.31. The number of benzene rings is 1. The van der Waals surface area contributed by atoms with Crippen molar-refractivity contribution in [1.82, 2.24) is 15.5 Å². The minimum Gasteiger partial charge on any atom is -0.340 e. The molecule has 0 unspecified atom stereocenters. The molecule has 1 N–H and O–H groups in total. The van der Waals surface area contributed by atoms with Crippen molar-refractivity contribution in [2.45, 2.75) is 32.7 Å². The summed E-state index contributed by atoms with van der Waals surface area (Å²) in [6, 6.07) is 8.74. The van der Waals surface area contributed by atoms with Crippen LogP contribution in [0.2, 0.25) is 0 Å². The molecule has 1 heterocycles. The van der Waals surface area contributed by atoms with Gasteiger partial charge in [0.15, 0.2) is 6.33 Å². The van der Waals surface area contributed by atoms with Crippen molar-refractivity contribution in [3.63, 3.8) is 0 Å². The Labute approximate surface area is 107 Å². The second-order valence-electron chi connectivity index (χ2n) is 4.66. The second kappa shape index (κ2) is 6.31. The lowest BCUT2D eigenvalue weighted by atomic mass is 10.0. The van der Waals surface area contributed by atoms with E-state index < -0.39 is 0 Å². The summed E-state index contributed by atoms with van der Waals surface area (Å²) in [5, 5.41) is 6.93. The van der Waals surface area contributed by atoms with Gasteiger partial charge in [0.1, 0.15) is 0 Å². The summed E-state index contributed by atoms with van der Waals surface area (Å²) in [6.07, 6.45) is 2.20. The fourth-order valence-corrected chi connectivity index (χ4v) is 1.75. The van der Waals surface area contributed by atoms with Crippen LogP contribution in [0.15, 0.2) is 35.1 Å². The van der Waals surface area contributed by atoms with Crippen molar-refractivity contribution >= 4 is 0 Å². The Kier molecular flexibility index (Phi) is 4.47. The predicted octanol–water partition coefficient (Wildman–Crippen LogP) is 2.53. The smallest absolute Gasteiger partial charge is 0.227 e. The minimum absolute atomic E-state index is 0.588. The van der Waals surface area contributed by atoms with Gasteiger partial charge in [0.25, 0.3) is 0 Å². The van der Waals surface area contributed by atoms with Crippen LogP contribution in [-0.2, 0) is 13.0 Å². The van der Waals surface area contributed by atoms with Gasteiger partial charge in [-0.3, -0.25) is 0 Å². The molecule has 2 aromatic rings. The topological polar surface area (TPSA) is 51.0 Å². The van der Waals surface area contributed by atoms with Gasteiger partial charge in [0.2, 0.25) is 5.89 Å². The van der Waals surface area contributed by atoms with Crippen LogP contribution >= 0.6 is 0 Å². The summed E-state index contributed by atoms with van der Waals surface area (Å²) in [7, 11) is 0. The molecular formula is C14H19N3O. The molecule has 0 atom stereocenters. The molecule has 4 heteroatoms. The first-order chi connectivity index (χ1) is 8.75. The highest BCUT2D eigenvalue weighted by Crippen LogP contribution is 2.14. The van der Waals surface area contributed by atoms with Gasteiger partial charge in [-0.2, -0.15) is 4.98 Å². The van der Waals surface area contributed by atoms with E-state index in [0.717, 1.165) is 19.5 Å². The fraction of sp³-hybridized carbons (Fsp3) is 0.429. The van der Waals surface area contributed by atoms with Crippen LogP contribution in [0, 0.1) is 0 Å². The molecule has 2 rings (SSSR count). The Morgan fingerprint density at radius 3 is 2.61 bits per heavy atom. The van der Waals surface area contributed by atoms with E-state index in [1.165, 1.54) is 17.5 Å². The molecule has 4 nitrogen and oxygen atoms in total. The molecule has 18 heavy (non-hydrogen) atoms. The number of nitrogens with zero attached hydrogens (tertiary/aromatic N) is 2. The van der Waals surface area contributed by atoms with Gasteiger partial charge in [-0.25, -0.2) is 0 Å². The number of rotatable bonds is 6. The summed E-state index contributed by atoms with van der Waals surface area (Å²) < 4.78 is 4.93. The third-order valence-corrected chi connectivity index (χ3v) is 2.90. The molecule has 0 spiro atoms. The lowest BCUT2D eigenvalue weighted by Gasteiger charge is -2.07. The van der Waals surface area contributed by atoms with Gasteiger partial charge in [-0.15, -0.1) is 0 Å². The third kappa shape index (κ3) is 3.67. The van der Waals surface area contributed by atoms with Gasteiger partial charge in [0, 0.05) is 19.5 Å². The van der Waals surface area contributed by atoms with E-state index in [-0.39, 0.29) is 0 Å². The summed E-state index contributed by atoms with van der Waals surface area (Å²) in [6.45, 7) is 6.12. The zero-order valence-electron chi connectivity index (χ0n) is 10.9.